The van der Waals surface area contributed by atoms with E-state index in [1.807, 2.05) is 0 Å². The third kappa shape index (κ3) is 12.8. The number of hydrogen-bond donors (Lipinski definition) is 5. The van der Waals surface area contributed by atoms with E-state index in [1.54, 1.807) is 73.6 Å². The average Bonchev–Trinajstić information content (AvgIpc) is 3.72. The molecule has 3 aliphatic heterocycles. The quantitative estimate of drug-likeness (QED) is 0.0395. The summed E-state index contributed by atoms with van der Waals surface area (Å²) in [5, 5.41) is 2.63. The van der Waals surface area contributed by atoms with Gasteiger partial charge in [-0.3, -0.25) is 37.5 Å². The van der Waals surface area contributed by atoms with Gasteiger partial charge in [0.1, 0.15) is 5.75 Å². The molecule has 2 aromatic carbocycles. The maximum Gasteiger partial charge on any atom is 0.294 e. The zero-order valence-electron chi connectivity index (χ0n) is 36.3. The fourth-order valence-corrected chi connectivity index (χ4v) is 9.62. The predicted octanol–water partition coefficient (Wildman–Crippen LogP) is 2.89. The molecule has 0 unspecified atom stereocenters. The van der Waals surface area contributed by atoms with E-state index < -0.39 is 74.6 Å². The molecule has 0 aromatic heterocycles. The van der Waals surface area contributed by atoms with Crippen LogP contribution in [0.5, 0.6) is 0 Å². The van der Waals surface area contributed by atoms with Crippen molar-refractivity contribution in [1.82, 2.24) is 10.2 Å². The molecule has 3 aliphatic rings. The molecule has 0 bridgehead atoms. The molecule has 0 atom stereocenters. The summed E-state index contributed by atoms with van der Waals surface area (Å²) in [6.45, 7) is 6.79. The Labute approximate surface area is 383 Å². The molecule has 3 amide bonds. The van der Waals surface area contributed by atoms with Gasteiger partial charge in [-0.15, -0.1) is 0 Å². The number of anilines is 1. The number of imide groups is 1. The lowest BCUT2D eigenvalue weighted by molar-refractivity contribution is -0.432. The van der Waals surface area contributed by atoms with Crippen LogP contribution in [0.1, 0.15) is 51.7 Å². The monoisotopic (exact) mass is 995 g/mol. The molecule has 0 aliphatic carbocycles. The first kappa shape index (κ1) is 51.8. The van der Waals surface area contributed by atoms with Gasteiger partial charge in [0.25, 0.3) is 52.3 Å². The van der Waals surface area contributed by atoms with Crippen molar-refractivity contribution in [3.8, 4) is 0 Å². The first-order chi connectivity index (χ1) is 30.5. The number of fused-ring (bicyclic) bond motifs is 2. The van der Waals surface area contributed by atoms with Gasteiger partial charge in [0.2, 0.25) is 11.6 Å². The van der Waals surface area contributed by atoms with Crippen molar-refractivity contribution in [1.29, 1.82) is 0 Å². The standard InChI is InChI=1S/C42H50N4O16S4/c1-41(2)32-27-30(65(56,57)58)11-13-34(32)44(21-25-63(50,51)52)36(41)9-5-7-29(17-23-62-24-18-38(47)43-19-20-46-39(48)15-16-40(46)49)8-6-10-37-42(3,4)33-28-31(66(59,60)61)12-14-35(33)45(37)22-26-64(53,54)55/h5-16,27-28H,17-26H2,1-4H3,(H4-,43,47,50,51,52,53,54,55,56,57,58,59,60,61)/p+1. The lowest BCUT2D eigenvalue weighted by Gasteiger charge is -2.26. The molecule has 3 heterocycles. The molecule has 5 N–H and O–H groups in total. The number of benzene rings is 2. The van der Waals surface area contributed by atoms with Crippen molar-refractivity contribution in [2.75, 3.05) is 55.8 Å². The molecule has 20 nitrogen and oxygen atoms in total. The molecule has 0 spiro atoms. The SMILES string of the molecule is CC1(C)C(=CC=CC(=CC=CC2=[N+](CCS(=O)(=O)O)c3ccc(S(=O)(=O)O)cc3C2(C)C)CCOCCC(=O)NCCN2C(=O)C=CC2=O)N(CCS(=O)(=O)O)c2ccc(S(=O)(=O)O)cc21. The number of amides is 3. The number of carbonyl (C=O) groups is 3. The molecule has 2 aromatic rings. The van der Waals surface area contributed by atoms with Gasteiger partial charge in [0, 0.05) is 72.7 Å². The van der Waals surface area contributed by atoms with E-state index in [4.69, 9.17) is 4.74 Å². The van der Waals surface area contributed by atoms with Crippen molar-refractivity contribution >= 4 is 75.3 Å². The van der Waals surface area contributed by atoms with E-state index in [0.29, 0.717) is 39.5 Å². The van der Waals surface area contributed by atoms with Gasteiger partial charge >= 0.3 is 0 Å². The smallest absolute Gasteiger partial charge is 0.294 e. The third-order valence-electron chi connectivity index (χ3n) is 11.2. The number of ether oxygens (including phenoxy) is 1. The van der Waals surface area contributed by atoms with Crippen molar-refractivity contribution in [2.45, 2.75) is 61.2 Å². The summed E-state index contributed by atoms with van der Waals surface area (Å²) in [6, 6.07) is 7.79. The molecule has 0 saturated heterocycles. The fourth-order valence-electron chi connectivity index (χ4n) is 7.78. The van der Waals surface area contributed by atoms with Crippen LogP contribution in [0.2, 0.25) is 0 Å². The van der Waals surface area contributed by atoms with Gasteiger partial charge in [0.05, 0.1) is 34.2 Å². The number of nitrogens with one attached hydrogen (secondary N) is 1. The van der Waals surface area contributed by atoms with Crippen LogP contribution in [0.25, 0.3) is 0 Å². The highest BCUT2D eigenvalue weighted by Crippen LogP contribution is 2.48. The molecule has 0 saturated carbocycles. The molecular weight excluding hydrogens is 945 g/mol. The number of rotatable bonds is 21. The summed E-state index contributed by atoms with van der Waals surface area (Å²) in [5.41, 5.74) is 1.54. The second kappa shape index (κ2) is 20.0. The van der Waals surface area contributed by atoms with Gasteiger partial charge in [-0.05, 0) is 67.8 Å². The van der Waals surface area contributed by atoms with Crippen molar-refractivity contribution < 1.29 is 75.6 Å². The first-order valence-corrected chi connectivity index (χ1v) is 26.3. The summed E-state index contributed by atoms with van der Waals surface area (Å²) < 4.78 is 142. The van der Waals surface area contributed by atoms with Gasteiger partial charge in [-0.2, -0.15) is 38.2 Å². The Hall–Kier alpha value is -5.18. The average molecular weight is 996 g/mol. The molecule has 0 radical (unpaired) electrons. The van der Waals surface area contributed by atoms with E-state index in [9.17, 15) is 66.3 Å². The Morgan fingerprint density at radius 2 is 1.33 bits per heavy atom. The Kier molecular flexibility index (Phi) is 15.7. The fraction of sp³-hybridized carbons (Fsp3) is 0.381. The van der Waals surface area contributed by atoms with E-state index in [1.165, 1.54) is 36.4 Å². The number of nitrogens with zero attached hydrogens (tertiary/aromatic N) is 3. The van der Waals surface area contributed by atoms with Crippen molar-refractivity contribution in [3.05, 3.63) is 107 Å². The van der Waals surface area contributed by atoms with Gasteiger partial charge < -0.3 is 15.0 Å². The lowest BCUT2D eigenvalue weighted by Crippen LogP contribution is -2.38. The molecule has 0 fully saturated rings. The lowest BCUT2D eigenvalue weighted by atomic mass is 9.81. The van der Waals surface area contributed by atoms with E-state index in [0.717, 1.165) is 17.1 Å². The van der Waals surface area contributed by atoms with Crippen LogP contribution < -0.4 is 10.2 Å². The van der Waals surface area contributed by atoms with Gasteiger partial charge in [0.15, 0.2) is 12.3 Å². The van der Waals surface area contributed by atoms with Crippen LogP contribution in [-0.4, -0.2) is 136 Å². The van der Waals surface area contributed by atoms with Crippen LogP contribution >= 0.6 is 0 Å². The Bertz CT molecular complexity index is 2930. The van der Waals surface area contributed by atoms with Crippen LogP contribution in [0, 0.1) is 0 Å². The Morgan fingerprint density at radius 3 is 1.94 bits per heavy atom. The van der Waals surface area contributed by atoms with Gasteiger partial charge in [-0.25, -0.2) is 0 Å². The zero-order valence-corrected chi connectivity index (χ0v) is 39.6. The maximum absolute atomic E-state index is 12.4. The molecule has 24 heteroatoms. The second-order valence-electron chi connectivity index (χ2n) is 16.5. The highest BCUT2D eigenvalue weighted by atomic mass is 32.2. The second-order valence-corrected chi connectivity index (χ2v) is 22.4. The Balaban J connectivity index is 1.45. The first-order valence-electron chi connectivity index (χ1n) is 20.2. The van der Waals surface area contributed by atoms with Gasteiger partial charge in [-0.1, -0.05) is 38.2 Å². The predicted molar refractivity (Wildman–Crippen MR) is 242 cm³/mol. The Morgan fingerprint density at radius 1 is 0.742 bits per heavy atom. The van der Waals surface area contributed by atoms with Crippen LogP contribution in [0.4, 0.5) is 11.4 Å². The summed E-state index contributed by atoms with van der Waals surface area (Å²) >= 11 is 0. The normalized spacial score (nSPS) is 18.1. The number of allylic oxidation sites excluding steroid dienone is 7. The zero-order chi connectivity index (χ0) is 49.0. The molecular formula is C42H51N4O16S4+. The highest BCUT2D eigenvalue weighted by Gasteiger charge is 2.45. The number of carbonyl (C=O) groups excluding carboxylic acids is 3. The molecule has 5 rings (SSSR count). The maximum atomic E-state index is 12.4. The number of hydrogen-bond acceptors (Lipinski definition) is 13. The highest BCUT2D eigenvalue weighted by molar-refractivity contribution is 7.86. The minimum atomic E-state index is -4.60. The van der Waals surface area contributed by atoms with Crippen molar-refractivity contribution in [3.63, 3.8) is 0 Å². The topological polar surface area (TPSA) is 299 Å². The largest absolute Gasteiger partial charge is 0.381 e. The van der Waals surface area contributed by atoms with Crippen LogP contribution in [-0.2, 0) is 70.4 Å². The van der Waals surface area contributed by atoms with E-state index in [-0.39, 0.29) is 67.9 Å². The molecule has 66 heavy (non-hydrogen) atoms. The minimum absolute atomic E-state index is 0.000911. The third-order valence-corrected chi connectivity index (χ3v) is 14.3. The summed E-state index contributed by atoms with van der Waals surface area (Å²) in [4.78, 5) is 37.8. The van der Waals surface area contributed by atoms with Crippen LogP contribution in [0.3, 0.4) is 0 Å². The van der Waals surface area contributed by atoms with Crippen LogP contribution in [0.15, 0.2) is 106 Å². The summed E-state index contributed by atoms with van der Waals surface area (Å²) in [5.74, 6) is -2.65. The summed E-state index contributed by atoms with van der Waals surface area (Å²) in [7, 11) is -18.1. The van der Waals surface area contributed by atoms with Crippen molar-refractivity contribution in [2.24, 2.45) is 0 Å². The molecule has 358 valence electrons. The minimum Gasteiger partial charge on any atom is -0.381 e. The van der Waals surface area contributed by atoms with E-state index in [2.05, 4.69) is 5.32 Å². The summed E-state index contributed by atoms with van der Waals surface area (Å²) in [6.07, 6.45) is 12.6. The van der Waals surface area contributed by atoms with E-state index >= 15 is 0 Å².